The van der Waals surface area contributed by atoms with Gasteiger partial charge in [-0.05, 0) is 37.9 Å². The molecule has 4 heterocycles. The van der Waals surface area contributed by atoms with E-state index in [9.17, 15) is 4.79 Å². The number of hydrogen-bond donors (Lipinski definition) is 1. The smallest absolute Gasteiger partial charge is 0.407 e. The van der Waals surface area contributed by atoms with Gasteiger partial charge in [0.2, 0.25) is 5.79 Å². The lowest BCUT2D eigenvalue weighted by molar-refractivity contribution is -0.187. The van der Waals surface area contributed by atoms with Crippen molar-refractivity contribution in [3.8, 4) is 17.0 Å². The number of aryl methyl sites for hydroxylation is 1. The summed E-state index contributed by atoms with van der Waals surface area (Å²) in [5.41, 5.74) is 3.48. The van der Waals surface area contributed by atoms with Crippen molar-refractivity contribution in [3.05, 3.63) is 60.3 Å². The van der Waals surface area contributed by atoms with E-state index in [0.29, 0.717) is 50.1 Å². The van der Waals surface area contributed by atoms with Crippen molar-refractivity contribution in [2.75, 3.05) is 34.0 Å². The molecule has 1 aliphatic heterocycles. The lowest BCUT2D eigenvalue weighted by Crippen LogP contribution is -2.31. The van der Waals surface area contributed by atoms with Gasteiger partial charge >= 0.3 is 6.09 Å². The minimum Gasteiger partial charge on any atom is -0.496 e. The third kappa shape index (κ3) is 8.58. The van der Waals surface area contributed by atoms with Gasteiger partial charge in [0.1, 0.15) is 24.6 Å². The Kier molecular flexibility index (Phi) is 11.3. The number of rotatable bonds is 16. The molecule has 254 valence electrons. The summed E-state index contributed by atoms with van der Waals surface area (Å²) in [5, 5.41) is 4.01. The summed E-state index contributed by atoms with van der Waals surface area (Å²) in [5.74, 6) is 0.859. The highest BCUT2D eigenvalue weighted by molar-refractivity contribution is 6.76. The van der Waals surface area contributed by atoms with Crippen LogP contribution in [0.1, 0.15) is 55.6 Å². The minimum atomic E-state index is -1.31. The highest BCUT2D eigenvalue weighted by Crippen LogP contribution is 2.37. The van der Waals surface area contributed by atoms with Crippen molar-refractivity contribution in [3.63, 3.8) is 0 Å². The van der Waals surface area contributed by atoms with Gasteiger partial charge in [-0.1, -0.05) is 38.5 Å². The van der Waals surface area contributed by atoms with Gasteiger partial charge in [0.25, 0.3) is 5.89 Å². The number of aromatic nitrogens is 4. The van der Waals surface area contributed by atoms with Gasteiger partial charge in [-0.25, -0.2) is 14.8 Å². The van der Waals surface area contributed by atoms with E-state index in [1.165, 1.54) is 13.4 Å². The number of alkyl carbamates (subject to hydrolysis) is 1. The lowest BCUT2D eigenvalue weighted by Gasteiger charge is -2.24. The summed E-state index contributed by atoms with van der Waals surface area (Å²) >= 11 is 0. The van der Waals surface area contributed by atoms with Gasteiger partial charge in [-0.15, -0.1) is 0 Å². The predicted molar refractivity (Wildman–Crippen MR) is 180 cm³/mol. The third-order valence-corrected chi connectivity index (χ3v) is 10.0. The topological polar surface area (TPSA) is 132 Å². The number of carbonyl (C=O) groups excluding carboxylic acids is 1. The molecule has 0 bridgehead atoms. The second-order valence-corrected chi connectivity index (χ2v) is 18.7. The van der Waals surface area contributed by atoms with Gasteiger partial charge in [0.15, 0.2) is 0 Å². The predicted octanol–water partition coefficient (Wildman–Crippen LogP) is 6.96. The normalized spacial score (nSPS) is 15.2. The fraction of sp³-hybridized carbons (Fsp3) is 0.529. The molecule has 0 unspecified atom stereocenters. The highest BCUT2D eigenvalue weighted by Gasteiger charge is 2.42. The Morgan fingerprint density at radius 2 is 1.91 bits per heavy atom. The summed E-state index contributed by atoms with van der Waals surface area (Å²) in [4.78, 5) is 26.4. The Morgan fingerprint density at radius 1 is 1.11 bits per heavy atom. The van der Waals surface area contributed by atoms with Crippen LogP contribution in [0.3, 0.4) is 0 Å². The summed E-state index contributed by atoms with van der Waals surface area (Å²) in [6, 6.07) is 8.68. The Morgan fingerprint density at radius 3 is 2.62 bits per heavy atom. The molecule has 13 heteroatoms. The average Bonchev–Trinajstić information content (AvgIpc) is 3.83. The molecule has 4 aromatic rings. The fourth-order valence-corrected chi connectivity index (χ4v) is 6.52. The number of carbonyl (C=O) groups is 1. The van der Waals surface area contributed by atoms with Crippen LogP contribution in [0.15, 0.2) is 47.3 Å². The molecule has 5 rings (SSSR count). The van der Waals surface area contributed by atoms with Crippen molar-refractivity contribution in [2.45, 2.75) is 83.3 Å². The van der Waals surface area contributed by atoms with Crippen LogP contribution >= 0.6 is 0 Å². The maximum atomic E-state index is 12.6. The van der Waals surface area contributed by atoms with E-state index in [4.69, 9.17) is 33.1 Å². The molecule has 1 fully saturated rings. The number of pyridine rings is 1. The zero-order valence-electron chi connectivity index (χ0n) is 28.3. The largest absolute Gasteiger partial charge is 0.496 e. The van der Waals surface area contributed by atoms with E-state index in [2.05, 4.69) is 47.1 Å². The van der Waals surface area contributed by atoms with Gasteiger partial charge in [-0.3, -0.25) is 4.98 Å². The lowest BCUT2D eigenvalue weighted by atomic mass is 10.0. The molecular weight excluding hydrogens is 618 g/mol. The summed E-state index contributed by atoms with van der Waals surface area (Å²) < 4.78 is 36.6. The molecule has 1 amide bonds. The first-order valence-corrected chi connectivity index (χ1v) is 19.9. The monoisotopic (exact) mass is 665 g/mol. The molecule has 3 aromatic heterocycles. The summed E-state index contributed by atoms with van der Waals surface area (Å²) in [6.45, 7) is 10.9. The average molecular weight is 666 g/mol. The molecule has 1 aromatic carbocycles. The van der Waals surface area contributed by atoms with Crippen molar-refractivity contribution in [1.29, 1.82) is 0 Å². The van der Waals surface area contributed by atoms with Crippen molar-refractivity contribution in [1.82, 2.24) is 24.8 Å². The zero-order valence-corrected chi connectivity index (χ0v) is 29.3. The molecule has 0 spiro atoms. The third-order valence-electron chi connectivity index (χ3n) is 8.33. The van der Waals surface area contributed by atoms with Gasteiger partial charge in [0.05, 0.1) is 57.1 Å². The van der Waals surface area contributed by atoms with Crippen LogP contribution in [0.4, 0.5) is 4.79 Å². The number of hydrogen-bond acceptors (Lipinski definition) is 10. The van der Waals surface area contributed by atoms with Gasteiger partial charge < -0.3 is 38.0 Å². The maximum absolute atomic E-state index is 12.6. The number of oxazole rings is 1. The number of benzene rings is 1. The molecule has 1 atom stereocenters. The van der Waals surface area contributed by atoms with Crippen molar-refractivity contribution in [2.24, 2.45) is 0 Å². The Hall–Kier alpha value is -3.78. The second-order valence-electron chi connectivity index (χ2n) is 13.1. The van der Waals surface area contributed by atoms with E-state index in [1.54, 1.807) is 13.3 Å². The standard InChI is InChI=1S/C34H47N5O7Si/c1-24-11-12-25-20-26(30(41-2)21-28(25)37-24)29-22-36-31(39(29)23-43-18-19-47(4,5)6)27(38-33(40)42-3)10-8-7-9-13-34(45-16-17-46-34)32-35-14-15-44-32/h11-12,14-15,20-22,27H,7-10,13,16-19,23H2,1-6H3,(H,38,40)/t27-/m0/s1. The number of nitrogens with one attached hydrogen (secondary N) is 1. The van der Waals surface area contributed by atoms with Crippen LogP contribution in [0.2, 0.25) is 25.7 Å². The number of amides is 1. The van der Waals surface area contributed by atoms with E-state index in [1.807, 2.05) is 29.8 Å². The number of nitrogens with zero attached hydrogens (tertiary/aromatic N) is 4. The van der Waals surface area contributed by atoms with Crippen LogP contribution in [-0.4, -0.2) is 67.7 Å². The van der Waals surface area contributed by atoms with Crippen LogP contribution in [0.5, 0.6) is 5.75 Å². The fourth-order valence-electron chi connectivity index (χ4n) is 5.77. The molecular formula is C34H47N5O7Si. The second kappa shape index (κ2) is 15.4. The van der Waals surface area contributed by atoms with E-state index in [-0.39, 0.29) is 6.73 Å². The highest BCUT2D eigenvalue weighted by atomic mass is 28.3. The first-order chi connectivity index (χ1) is 22.6. The van der Waals surface area contributed by atoms with Gasteiger partial charge in [0, 0.05) is 43.8 Å². The molecule has 1 N–H and O–H groups in total. The maximum Gasteiger partial charge on any atom is 0.407 e. The summed E-state index contributed by atoms with van der Waals surface area (Å²) in [7, 11) is 1.71. The molecule has 12 nitrogen and oxygen atoms in total. The number of imidazole rings is 1. The minimum absolute atomic E-state index is 0.273. The number of ether oxygens (including phenoxy) is 5. The van der Waals surface area contributed by atoms with E-state index in [0.717, 1.165) is 53.2 Å². The van der Waals surface area contributed by atoms with Crippen molar-refractivity contribution < 1.29 is 32.9 Å². The molecule has 0 aliphatic carbocycles. The number of methoxy groups -OCH3 is 2. The van der Waals surface area contributed by atoms with Gasteiger partial charge in [-0.2, -0.15) is 0 Å². The number of unbranched alkanes of at least 4 members (excludes halogenated alkanes) is 2. The first-order valence-electron chi connectivity index (χ1n) is 16.2. The SMILES string of the molecule is COC(=O)N[C@@H](CCCCCC1(c2ncco2)OCCO1)c1ncc(-c2cc3ccc(C)nc3cc2OC)n1COCC[Si](C)(C)C. The molecule has 0 saturated carbocycles. The Bertz CT molecular complexity index is 1610. The molecule has 1 aliphatic rings. The van der Waals surface area contributed by atoms with Crippen LogP contribution < -0.4 is 10.1 Å². The van der Waals surface area contributed by atoms with Crippen molar-refractivity contribution >= 4 is 25.1 Å². The van der Waals surface area contributed by atoms with Crippen LogP contribution in [0, 0.1) is 6.92 Å². The Labute approximate surface area is 277 Å². The first kappa shape index (κ1) is 34.5. The molecule has 1 saturated heterocycles. The number of fused-ring (bicyclic) bond motifs is 1. The quantitative estimate of drug-likeness (QED) is 0.0989. The van der Waals surface area contributed by atoms with E-state index < -0.39 is 26.0 Å². The van der Waals surface area contributed by atoms with E-state index >= 15 is 0 Å². The molecule has 47 heavy (non-hydrogen) atoms. The summed E-state index contributed by atoms with van der Waals surface area (Å²) in [6.07, 6.45) is 8.15. The Balaban J connectivity index is 1.39. The molecule has 0 radical (unpaired) electrons. The zero-order chi connectivity index (χ0) is 33.4. The van der Waals surface area contributed by atoms with Crippen LogP contribution in [0.25, 0.3) is 22.2 Å². The van der Waals surface area contributed by atoms with Crippen LogP contribution in [-0.2, 0) is 31.5 Å².